The topological polar surface area (TPSA) is 59.5 Å². The average molecular weight is 312 g/mol. The number of hydrogen-bond acceptors (Lipinski definition) is 4. The van der Waals surface area contributed by atoms with E-state index in [1.807, 2.05) is 44.2 Å². The van der Waals surface area contributed by atoms with Crippen LogP contribution in [-0.4, -0.2) is 30.5 Å². The molecule has 0 saturated carbocycles. The van der Waals surface area contributed by atoms with Crippen molar-refractivity contribution in [3.8, 4) is 0 Å². The number of amides is 1. The maximum atomic E-state index is 12.9. The van der Waals surface area contributed by atoms with Crippen LogP contribution in [0.3, 0.4) is 0 Å². The number of carbonyl (C=O) groups excluding carboxylic acids is 2. The minimum Gasteiger partial charge on any atom is -0.469 e. The van der Waals surface area contributed by atoms with Gasteiger partial charge in [-0.1, -0.05) is 24.3 Å². The number of aryl methyl sites for hydroxylation is 2. The number of hydrogen-bond donors (Lipinski definition) is 0. The predicted molar refractivity (Wildman–Crippen MR) is 88.5 cm³/mol. The Kier molecular flexibility index (Phi) is 5.46. The molecule has 1 aromatic heterocycles. The number of para-hydroxylation sites is 1. The molecule has 2 aromatic rings. The monoisotopic (exact) mass is 312 g/mol. The summed E-state index contributed by atoms with van der Waals surface area (Å²) in [5, 5.41) is 0. The fourth-order valence-electron chi connectivity index (χ4n) is 2.30. The van der Waals surface area contributed by atoms with E-state index in [1.165, 1.54) is 7.11 Å². The smallest absolute Gasteiger partial charge is 0.307 e. The van der Waals surface area contributed by atoms with Crippen molar-refractivity contribution in [1.29, 1.82) is 0 Å². The van der Waals surface area contributed by atoms with Crippen molar-refractivity contribution in [2.24, 2.45) is 0 Å². The third-order valence-electron chi connectivity index (χ3n) is 3.53. The van der Waals surface area contributed by atoms with Crippen molar-refractivity contribution in [2.45, 2.75) is 20.3 Å². The van der Waals surface area contributed by atoms with E-state index in [2.05, 4.69) is 9.72 Å². The molecule has 0 radical (unpaired) electrons. The maximum absolute atomic E-state index is 12.9. The number of anilines is 1. The SMILES string of the molecule is COC(=O)CCN(C(=O)c1cccc(C)n1)c1ccccc1C. The summed E-state index contributed by atoms with van der Waals surface area (Å²) in [6.45, 7) is 4.01. The number of esters is 1. The van der Waals surface area contributed by atoms with Crippen LogP contribution in [-0.2, 0) is 9.53 Å². The van der Waals surface area contributed by atoms with Gasteiger partial charge in [-0.3, -0.25) is 9.59 Å². The van der Waals surface area contributed by atoms with E-state index in [9.17, 15) is 9.59 Å². The van der Waals surface area contributed by atoms with Crippen LogP contribution in [0.15, 0.2) is 42.5 Å². The summed E-state index contributed by atoms with van der Waals surface area (Å²) in [7, 11) is 1.34. The van der Waals surface area contributed by atoms with Gasteiger partial charge in [0.2, 0.25) is 0 Å². The molecule has 0 aliphatic heterocycles. The van der Waals surface area contributed by atoms with Gasteiger partial charge < -0.3 is 9.64 Å². The number of benzene rings is 1. The summed E-state index contributed by atoms with van der Waals surface area (Å²) < 4.78 is 4.68. The quantitative estimate of drug-likeness (QED) is 0.797. The fraction of sp³-hybridized carbons (Fsp3) is 0.278. The predicted octanol–water partition coefficient (Wildman–Crippen LogP) is 2.91. The molecule has 0 aliphatic carbocycles. The zero-order chi connectivity index (χ0) is 16.8. The highest BCUT2D eigenvalue weighted by molar-refractivity contribution is 6.05. The Morgan fingerprint density at radius 2 is 1.83 bits per heavy atom. The van der Waals surface area contributed by atoms with Gasteiger partial charge in [0.1, 0.15) is 5.69 Å². The second-order valence-corrected chi connectivity index (χ2v) is 5.23. The molecule has 1 aromatic carbocycles. The first-order valence-corrected chi connectivity index (χ1v) is 7.41. The number of methoxy groups -OCH3 is 1. The number of ether oxygens (including phenoxy) is 1. The molecule has 0 atom stereocenters. The summed E-state index contributed by atoms with van der Waals surface area (Å²) in [5.74, 6) is -0.583. The molecule has 1 heterocycles. The van der Waals surface area contributed by atoms with Crippen molar-refractivity contribution in [3.63, 3.8) is 0 Å². The number of carbonyl (C=O) groups is 2. The number of rotatable bonds is 5. The normalized spacial score (nSPS) is 10.2. The van der Waals surface area contributed by atoms with Crippen molar-refractivity contribution in [1.82, 2.24) is 4.98 Å². The van der Waals surface area contributed by atoms with Crippen LogP contribution in [0.25, 0.3) is 0 Å². The molecule has 0 spiro atoms. The van der Waals surface area contributed by atoms with Crippen LogP contribution < -0.4 is 4.90 Å². The standard InChI is InChI=1S/C18H20N2O3/c1-13-7-4-5-10-16(13)20(12-11-17(21)23-3)18(22)15-9-6-8-14(2)19-15/h4-10H,11-12H2,1-3H3. The van der Waals surface area contributed by atoms with Gasteiger partial charge in [0.15, 0.2) is 0 Å². The molecule has 0 saturated heterocycles. The van der Waals surface area contributed by atoms with Crippen molar-refractivity contribution in [2.75, 3.05) is 18.6 Å². The van der Waals surface area contributed by atoms with Gasteiger partial charge in [-0.25, -0.2) is 4.98 Å². The lowest BCUT2D eigenvalue weighted by Gasteiger charge is -2.24. The lowest BCUT2D eigenvalue weighted by atomic mass is 10.1. The summed E-state index contributed by atoms with van der Waals surface area (Å²) in [6, 6.07) is 12.9. The first kappa shape index (κ1) is 16.7. The highest BCUT2D eigenvalue weighted by atomic mass is 16.5. The van der Waals surface area contributed by atoms with Gasteiger partial charge in [0.05, 0.1) is 13.5 Å². The molecule has 0 unspecified atom stereocenters. The second-order valence-electron chi connectivity index (χ2n) is 5.23. The van der Waals surface area contributed by atoms with Crippen LogP contribution in [0, 0.1) is 13.8 Å². The molecule has 0 aliphatic rings. The third kappa shape index (κ3) is 4.16. The van der Waals surface area contributed by atoms with Crippen molar-refractivity contribution < 1.29 is 14.3 Å². The van der Waals surface area contributed by atoms with Gasteiger partial charge in [0.25, 0.3) is 5.91 Å². The van der Waals surface area contributed by atoms with E-state index in [4.69, 9.17) is 0 Å². The highest BCUT2D eigenvalue weighted by Gasteiger charge is 2.21. The Balaban J connectivity index is 2.35. The summed E-state index contributed by atoms with van der Waals surface area (Å²) in [4.78, 5) is 30.2. The largest absolute Gasteiger partial charge is 0.469 e. The van der Waals surface area contributed by atoms with Crippen LogP contribution >= 0.6 is 0 Å². The molecule has 5 heteroatoms. The van der Waals surface area contributed by atoms with Crippen LogP contribution in [0.1, 0.15) is 28.2 Å². The molecule has 0 N–H and O–H groups in total. The van der Waals surface area contributed by atoms with Gasteiger partial charge in [-0.05, 0) is 37.6 Å². The lowest BCUT2D eigenvalue weighted by Crippen LogP contribution is -2.34. The first-order chi connectivity index (χ1) is 11.0. The Hall–Kier alpha value is -2.69. The highest BCUT2D eigenvalue weighted by Crippen LogP contribution is 2.21. The van der Waals surface area contributed by atoms with Crippen LogP contribution in [0.5, 0.6) is 0 Å². The van der Waals surface area contributed by atoms with Gasteiger partial charge in [0, 0.05) is 17.9 Å². The number of pyridine rings is 1. The van der Waals surface area contributed by atoms with E-state index in [0.717, 1.165) is 16.9 Å². The van der Waals surface area contributed by atoms with E-state index in [0.29, 0.717) is 5.69 Å². The second kappa shape index (κ2) is 7.54. The van der Waals surface area contributed by atoms with Crippen LogP contribution in [0.2, 0.25) is 0 Å². The maximum Gasteiger partial charge on any atom is 0.307 e. The van der Waals surface area contributed by atoms with E-state index < -0.39 is 0 Å². The van der Waals surface area contributed by atoms with Gasteiger partial charge >= 0.3 is 5.97 Å². The molecule has 5 nitrogen and oxygen atoms in total. The number of nitrogens with zero attached hydrogens (tertiary/aromatic N) is 2. The minimum atomic E-state index is -0.353. The first-order valence-electron chi connectivity index (χ1n) is 7.41. The zero-order valence-corrected chi connectivity index (χ0v) is 13.6. The molecular formula is C18H20N2O3. The molecular weight excluding hydrogens is 292 g/mol. The molecule has 1 amide bonds. The summed E-state index contributed by atoms with van der Waals surface area (Å²) in [6.07, 6.45) is 0.127. The molecule has 0 fully saturated rings. The van der Waals surface area contributed by atoms with Crippen molar-refractivity contribution in [3.05, 3.63) is 59.4 Å². The van der Waals surface area contributed by atoms with E-state index in [-0.39, 0.29) is 24.8 Å². The van der Waals surface area contributed by atoms with Gasteiger partial charge in [-0.2, -0.15) is 0 Å². The van der Waals surface area contributed by atoms with E-state index in [1.54, 1.807) is 17.0 Å². The Labute approximate surface area is 135 Å². The Morgan fingerprint density at radius 1 is 1.09 bits per heavy atom. The third-order valence-corrected chi connectivity index (χ3v) is 3.53. The Morgan fingerprint density at radius 3 is 2.48 bits per heavy atom. The minimum absolute atomic E-state index is 0.127. The lowest BCUT2D eigenvalue weighted by molar-refractivity contribution is -0.140. The molecule has 2 rings (SSSR count). The molecule has 120 valence electrons. The van der Waals surface area contributed by atoms with Crippen LogP contribution in [0.4, 0.5) is 5.69 Å². The van der Waals surface area contributed by atoms with Crippen molar-refractivity contribution >= 4 is 17.6 Å². The molecule has 23 heavy (non-hydrogen) atoms. The van der Waals surface area contributed by atoms with Gasteiger partial charge in [-0.15, -0.1) is 0 Å². The van der Waals surface area contributed by atoms with E-state index >= 15 is 0 Å². The summed E-state index contributed by atoms with van der Waals surface area (Å²) >= 11 is 0. The fourth-order valence-corrected chi connectivity index (χ4v) is 2.30. The average Bonchev–Trinajstić information content (AvgIpc) is 2.56. The zero-order valence-electron chi connectivity index (χ0n) is 13.6. The summed E-state index contributed by atoms with van der Waals surface area (Å²) in [5.41, 5.74) is 2.86. The Bertz CT molecular complexity index is 713. The number of aromatic nitrogens is 1. The molecule has 0 bridgehead atoms.